The van der Waals surface area contributed by atoms with Gasteiger partial charge in [-0.15, -0.1) is 0 Å². The van der Waals surface area contributed by atoms with Crippen molar-refractivity contribution in [1.29, 1.82) is 0 Å². The van der Waals surface area contributed by atoms with Crippen molar-refractivity contribution in [3.63, 3.8) is 0 Å². The molecule has 1 aliphatic heterocycles. The van der Waals surface area contributed by atoms with Gasteiger partial charge in [0.1, 0.15) is 0 Å². The molecule has 0 radical (unpaired) electrons. The van der Waals surface area contributed by atoms with Gasteiger partial charge in [-0.1, -0.05) is 44.2 Å². The Labute approximate surface area is 115 Å². The third kappa shape index (κ3) is 2.33. The molecule has 2 nitrogen and oxygen atoms in total. The quantitative estimate of drug-likeness (QED) is 0.809. The molecule has 0 bridgehead atoms. The summed E-state index contributed by atoms with van der Waals surface area (Å²) in [5, 5.41) is 2.76. The molecule has 1 saturated heterocycles. The molecule has 3 rings (SSSR count). The summed E-state index contributed by atoms with van der Waals surface area (Å²) >= 11 is 0. The second-order valence-electron chi connectivity index (χ2n) is 5.47. The number of rotatable bonds is 2. The molecule has 1 aliphatic rings. The minimum absolute atomic E-state index is 0.559. The van der Waals surface area contributed by atoms with Crippen molar-refractivity contribution in [2.45, 2.75) is 19.8 Å². The lowest BCUT2D eigenvalue weighted by Crippen LogP contribution is -2.36. The zero-order chi connectivity index (χ0) is 13.2. The maximum absolute atomic E-state index is 5.45. The van der Waals surface area contributed by atoms with Crippen LogP contribution in [0.25, 0.3) is 10.8 Å². The average Bonchev–Trinajstić information content (AvgIpc) is 2.47. The Kier molecular flexibility index (Phi) is 3.43. The van der Waals surface area contributed by atoms with E-state index in [1.807, 2.05) is 0 Å². The molecular formula is C17H21NO. The number of hydrogen-bond donors (Lipinski definition) is 0. The Morgan fingerprint density at radius 3 is 2.32 bits per heavy atom. The molecule has 1 fully saturated rings. The number of anilines is 1. The van der Waals surface area contributed by atoms with Crippen LogP contribution >= 0.6 is 0 Å². The van der Waals surface area contributed by atoms with Crippen molar-refractivity contribution >= 4 is 16.5 Å². The first-order valence-corrected chi connectivity index (χ1v) is 7.11. The Balaban J connectivity index is 2.13. The second kappa shape index (κ2) is 5.22. The number of morpholine rings is 1. The highest BCUT2D eigenvalue weighted by Crippen LogP contribution is 2.33. The van der Waals surface area contributed by atoms with Crippen molar-refractivity contribution in [3.05, 3.63) is 42.0 Å². The maximum Gasteiger partial charge on any atom is 0.0642 e. The normalized spacial score (nSPS) is 16.3. The zero-order valence-corrected chi connectivity index (χ0v) is 11.7. The Morgan fingerprint density at radius 1 is 0.947 bits per heavy atom. The fourth-order valence-electron chi connectivity index (χ4n) is 2.89. The van der Waals surface area contributed by atoms with Crippen LogP contribution in [-0.2, 0) is 4.74 Å². The summed E-state index contributed by atoms with van der Waals surface area (Å²) in [6, 6.07) is 13.3. The van der Waals surface area contributed by atoms with Crippen LogP contribution in [0.3, 0.4) is 0 Å². The highest BCUT2D eigenvalue weighted by Gasteiger charge is 2.15. The molecule has 1 heterocycles. The Hall–Kier alpha value is -1.54. The van der Waals surface area contributed by atoms with E-state index in [4.69, 9.17) is 4.74 Å². The number of fused-ring (bicyclic) bond motifs is 1. The van der Waals surface area contributed by atoms with Gasteiger partial charge in [0.25, 0.3) is 0 Å². The number of hydrogen-bond acceptors (Lipinski definition) is 2. The summed E-state index contributed by atoms with van der Waals surface area (Å²) in [6.45, 7) is 8.17. The monoisotopic (exact) mass is 255 g/mol. The molecule has 2 aromatic carbocycles. The smallest absolute Gasteiger partial charge is 0.0642 e. The first-order valence-electron chi connectivity index (χ1n) is 7.11. The summed E-state index contributed by atoms with van der Waals surface area (Å²) in [6.07, 6.45) is 0. The molecule has 0 aromatic heterocycles. The SMILES string of the molecule is CC(C)c1ccc(N2CCOCC2)c2ccccc12. The molecule has 0 N–H and O–H groups in total. The van der Waals surface area contributed by atoms with Crippen LogP contribution in [0.4, 0.5) is 5.69 Å². The standard InChI is InChI=1S/C17H21NO/c1-13(2)14-7-8-17(18-9-11-19-12-10-18)16-6-4-3-5-15(14)16/h3-8,13H,9-12H2,1-2H3. The molecular weight excluding hydrogens is 234 g/mol. The molecule has 2 heteroatoms. The van der Waals surface area contributed by atoms with E-state index in [0.29, 0.717) is 5.92 Å². The largest absolute Gasteiger partial charge is 0.378 e. The van der Waals surface area contributed by atoms with Gasteiger partial charge in [0.2, 0.25) is 0 Å². The molecule has 0 amide bonds. The summed E-state index contributed by atoms with van der Waals surface area (Å²) < 4.78 is 5.45. The fraction of sp³-hybridized carbons (Fsp3) is 0.412. The highest BCUT2D eigenvalue weighted by molar-refractivity contribution is 5.96. The van der Waals surface area contributed by atoms with Crippen molar-refractivity contribution in [1.82, 2.24) is 0 Å². The lowest BCUT2D eigenvalue weighted by molar-refractivity contribution is 0.123. The molecule has 19 heavy (non-hydrogen) atoms. The first-order chi connectivity index (χ1) is 9.27. The van der Waals surface area contributed by atoms with Crippen molar-refractivity contribution in [2.75, 3.05) is 31.2 Å². The van der Waals surface area contributed by atoms with Gasteiger partial charge < -0.3 is 9.64 Å². The number of nitrogens with zero attached hydrogens (tertiary/aromatic N) is 1. The first kappa shape index (κ1) is 12.5. The third-order valence-corrected chi connectivity index (χ3v) is 3.91. The van der Waals surface area contributed by atoms with E-state index in [0.717, 1.165) is 26.3 Å². The van der Waals surface area contributed by atoms with E-state index in [-0.39, 0.29) is 0 Å². The van der Waals surface area contributed by atoms with E-state index >= 15 is 0 Å². The zero-order valence-electron chi connectivity index (χ0n) is 11.7. The summed E-state index contributed by atoms with van der Waals surface area (Å²) in [7, 11) is 0. The predicted octanol–water partition coefficient (Wildman–Crippen LogP) is 3.80. The number of benzene rings is 2. The molecule has 0 saturated carbocycles. The van der Waals surface area contributed by atoms with Gasteiger partial charge >= 0.3 is 0 Å². The van der Waals surface area contributed by atoms with Gasteiger partial charge in [0.05, 0.1) is 13.2 Å². The minimum Gasteiger partial charge on any atom is -0.378 e. The van der Waals surface area contributed by atoms with Crippen LogP contribution in [0.2, 0.25) is 0 Å². The molecule has 2 aromatic rings. The van der Waals surface area contributed by atoms with Gasteiger partial charge in [0, 0.05) is 24.2 Å². The van der Waals surface area contributed by atoms with E-state index < -0.39 is 0 Å². The summed E-state index contributed by atoms with van der Waals surface area (Å²) in [5.74, 6) is 0.559. The van der Waals surface area contributed by atoms with Gasteiger partial charge in [-0.3, -0.25) is 0 Å². The van der Waals surface area contributed by atoms with Crippen molar-refractivity contribution < 1.29 is 4.74 Å². The Bertz CT molecular complexity index is 570. The minimum atomic E-state index is 0.559. The molecule has 0 spiro atoms. The van der Waals surface area contributed by atoms with Crippen LogP contribution in [0.15, 0.2) is 36.4 Å². The summed E-state index contributed by atoms with van der Waals surface area (Å²) in [5.41, 5.74) is 2.79. The second-order valence-corrected chi connectivity index (χ2v) is 5.47. The van der Waals surface area contributed by atoms with E-state index in [1.165, 1.54) is 22.0 Å². The van der Waals surface area contributed by atoms with Crippen LogP contribution < -0.4 is 4.90 Å². The van der Waals surface area contributed by atoms with Crippen molar-refractivity contribution in [3.8, 4) is 0 Å². The maximum atomic E-state index is 5.45. The molecule has 0 unspecified atom stereocenters. The van der Waals surface area contributed by atoms with E-state index in [9.17, 15) is 0 Å². The van der Waals surface area contributed by atoms with Gasteiger partial charge in [0.15, 0.2) is 0 Å². The summed E-state index contributed by atoms with van der Waals surface area (Å²) in [4.78, 5) is 2.44. The van der Waals surface area contributed by atoms with Gasteiger partial charge in [-0.25, -0.2) is 0 Å². The lowest BCUT2D eigenvalue weighted by atomic mass is 9.95. The highest BCUT2D eigenvalue weighted by atomic mass is 16.5. The van der Waals surface area contributed by atoms with E-state index in [2.05, 4.69) is 55.1 Å². The topological polar surface area (TPSA) is 12.5 Å². The molecule has 100 valence electrons. The predicted molar refractivity (Wildman–Crippen MR) is 81.1 cm³/mol. The van der Waals surface area contributed by atoms with E-state index in [1.54, 1.807) is 0 Å². The lowest BCUT2D eigenvalue weighted by Gasteiger charge is -2.30. The fourth-order valence-corrected chi connectivity index (χ4v) is 2.89. The van der Waals surface area contributed by atoms with Gasteiger partial charge in [-0.05, 0) is 22.9 Å². The third-order valence-electron chi connectivity index (χ3n) is 3.91. The van der Waals surface area contributed by atoms with Crippen LogP contribution in [0.1, 0.15) is 25.3 Å². The van der Waals surface area contributed by atoms with Crippen LogP contribution in [-0.4, -0.2) is 26.3 Å². The van der Waals surface area contributed by atoms with Crippen LogP contribution in [0, 0.1) is 0 Å². The van der Waals surface area contributed by atoms with Gasteiger partial charge in [-0.2, -0.15) is 0 Å². The number of ether oxygens (including phenoxy) is 1. The average molecular weight is 255 g/mol. The van der Waals surface area contributed by atoms with Crippen molar-refractivity contribution in [2.24, 2.45) is 0 Å². The molecule has 0 aliphatic carbocycles. The Morgan fingerprint density at radius 2 is 1.63 bits per heavy atom. The molecule has 0 atom stereocenters. The van der Waals surface area contributed by atoms with Crippen LogP contribution in [0.5, 0.6) is 0 Å².